The zero-order chi connectivity index (χ0) is 12.3. The van der Waals surface area contributed by atoms with Crippen LogP contribution in [0.15, 0.2) is 0 Å². The van der Waals surface area contributed by atoms with Gasteiger partial charge in [0.1, 0.15) is 0 Å². The van der Waals surface area contributed by atoms with Crippen molar-refractivity contribution in [3.63, 3.8) is 0 Å². The molecule has 2 rings (SSSR count). The zero-order valence-electron chi connectivity index (χ0n) is 12.0. The van der Waals surface area contributed by atoms with Crippen molar-refractivity contribution in [1.82, 2.24) is 10.2 Å². The van der Waals surface area contributed by atoms with E-state index >= 15 is 0 Å². The van der Waals surface area contributed by atoms with Gasteiger partial charge in [-0.2, -0.15) is 0 Å². The highest BCUT2D eigenvalue weighted by Crippen LogP contribution is 2.35. The Morgan fingerprint density at radius 2 is 2.00 bits per heavy atom. The molecule has 0 unspecified atom stereocenters. The molecular formula is C15H30N2. The Hall–Kier alpha value is -0.0800. The fraction of sp³-hybridized carbons (Fsp3) is 1.00. The van der Waals surface area contributed by atoms with Crippen molar-refractivity contribution in [2.75, 3.05) is 26.2 Å². The third kappa shape index (κ3) is 3.23. The molecule has 0 aliphatic carbocycles. The van der Waals surface area contributed by atoms with Gasteiger partial charge in [0.05, 0.1) is 0 Å². The molecule has 0 radical (unpaired) electrons. The summed E-state index contributed by atoms with van der Waals surface area (Å²) in [4.78, 5) is 2.85. The third-order valence-electron chi connectivity index (χ3n) is 4.65. The fourth-order valence-electron chi connectivity index (χ4n) is 3.92. The predicted molar refractivity (Wildman–Crippen MR) is 74.3 cm³/mol. The van der Waals surface area contributed by atoms with Gasteiger partial charge in [0.2, 0.25) is 0 Å². The summed E-state index contributed by atoms with van der Waals surface area (Å²) in [5, 5.41) is 3.54. The maximum absolute atomic E-state index is 3.54. The molecule has 0 amide bonds. The maximum atomic E-state index is 3.54. The molecule has 2 aliphatic rings. The van der Waals surface area contributed by atoms with Crippen LogP contribution in [0.4, 0.5) is 0 Å². The first kappa shape index (κ1) is 13.4. The summed E-state index contributed by atoms with van der Waals surface area (Å²) in [5.74, 6) is 1.73. The van der Waals surface area contributed by atoms with Crippen LogP contribution in [0.5, 0.6) is 0 Å². The topological polar surface area (TPSA) is 15.3 Å². The second-order valence-corrected chi connectivity index (χ2v) is 6.77. The standard InChI is InChI=1S/C15H30N2/c1-13(2)11-15(6-8-16-9-7-15)17-10-4-5-14(3)12-17/h13-14,16H,4-12H2,1-3H3/t14-/m0/s1. The van der Waals surface area contributed by atoms with Crippen LogP contribution in [0.3, 0.4) is 0 Å². The minimum Gasteiger partial charge on any atom is -0.317 e. The van der Waals surface area contributed by atoms with Gasteiger partial charge in [-0.25, -0.2) is 0 Å². The number of hydrogen-bond donors (Lipinski definition) is 1. The van der Waals surface area contributed by atoms with E-state index in [2.05, 4.69) is 31.0 Å². The van der Waals surface area contributed by atoms with Crippen molar-refractivity contribution in [3.8, 4) is 0 Å². The van der Waals surface area contributed by atoms with E-state index in [1.165, 1.54) is 58.3 Å². The Bertz CT molecular complexity index is 231. The first-order valence-electron chi connectivity index (χ1n) is 7.58. The van der Waals surface area contributed by atoms with Crippen LogP contribution < -0.4 is 5.32 Å². The zero-order valence-corrected chi connectivity index (χ0v) is 12.0. The monoisotopic (exact) mass is 238 g/mol. The van der Waals surface area contributed by atoms with Gasteiger partial charge in [0.25, 0.3) is 0 Å². The largest absolute Gasteiger partial charge is 0.317 e. The van der Waals surface area contributed by atoms with Crippen molar-refractivity contribution >= 4 is 0 Å². The van der Waals surface area contributed by atoms with Crippen molar-refractivity contribution in [1.29, 1.82) is 0 Å². The summed E-state index contributed by atoms with van der Waals surface area (Å²) in [7, 11) is 0. The molecular weight excluding hydrogens is 208 g/mol. The molecule has 0 spiro atoms. The van der Waals surface area contributed by atoms with Crippen LogP contribution in [0.25, 0.3) is 0 Å². The quantitative estimate of drug-likeness (QED) is 0.813. The maximum Gasteiger partial charge on any atom is 0.0236 e. The number of nitrogens with one attached hydrogen (secondary N) is 1. The molecule has 0 aromatic carbocycles. The Morgan fingerprint density at radius 1 is 1.29 bits per heavy atom. The van der Waals surface area contributed by atoms with E-state index in [1.54, 1.807) is 0 Å². The summed E-state index contributed by atoms with van der Waals surface area (Å²) in [6.07, 6.45) is 6.96. The predicted octanol–water partition coefficient (Wildman–Crippen LogP) is 2.89. The molecule has 0 saturated carbocycles. The minimum absolute atomic E-state index is 0.522. The van der Waals surface area contributed by atoms with Gasteiger partial charge >= 0.3 is 0 Å². The minimum atomic E-state index is 0.522. The van der Waals surface area contributed by atoms with Gasteiger partial charge in [-0.1, -0.05) is 20.8 Å². The van der Waals surface area contributed by atoms with Gasteiger partial charge in [0, 0.05) is 12.1 Å². The lowest BCUT2D eigenvalue weighted by molar-refractivity contribution is 0.00746. The Labute approximate surface area is 107 Å². The van der Waals surface area contributed by atoms with Gasteiger partial charge < -0.3 is 5.32 Å². The molecule has 1 atom stereocenters. The highest BCUT2D eigenvalue weighted by molar-refractivity contribution is 4.96. The Kier molecular flexibility index (Phi) is 4.48. The van der Waals surface area contributed by atoms with E-state index in [-0.39, 0.29) is 0 Å². The van der Waals surface area contributed by atoms with E-state index in [1.807, 2.05) is 0 Å². The summed E-state index contributed by atoms with van der Waals surface area (Å²) in [5.41, 5.74) is 0.522. The lowest BCUT2D eigenvalue weighted by atomic mass is 9.78. The molecule has 2 saturated heterocycles. The van der Waals surface area contributed by atoms with Crippen molar-refractivity contribution < 1.29 is 0 Å². The molecule has 0 bridgehead atoms. The number of likely N-dealkylation sites (tertiary alicyclic amines) is 1. The molecule has 0 aromatic heterocycles. The van der Waals surface area contributed by atoms with Crippen LogP contribution in [0, 0.1) is 11.8 Å². The smallest absolute Gasteiger partial charge is 0.0236 e. The molecule has 2 nitrogen and oxygen atoms in total. The van der Waals surface area contributed by atoms with Gasteiger partial charge in [0.15, 0.2) is 0 Å². The summed E-state index contributed by atoms with van der Waals surface area (Å²) in [6, 6.07) is 0. The lowest BCUT2D eigenvalue weighted by Gasteiger charge is -2.50. The molecule has 2 heterocycles. The molecule has 0 aromatic rings. The fourth-order valence-corrected chi connectivity index (χ4v) is 3.92. The summed E-state index contributed by atoms with van der Waals surface area (Å²) >= 11 is 0. The van der Waals surface area contributed by atoms with Gasteiger partial charge in [-0.15, -0.1) is 0 Å². The van der Waals surface area contributed by atoms with Crippen LogP contribution >= 0.6 is 0 Å². The van der Waals surface area contributed by atoms with Crippen LogP contribution in [-0.4, -0.2) is 36.6 Å². The Balaban J connectivity index is 2.07. The van der Waals surface area contributed by atoms with E-state index in [0.717, 1.165) is 11.8 Å². The first-order valence-corrected chi connectivity index (χ1v) is 7.58. The second kappa shape index (κ2) is 5.71. The van der Waals surface area contributed by atoms with Crippen LogP contribution in [-0.2, 0) is 0 Å². The van der Waals surface area contributed by atoms with E-state index in [9.17, 15) is 0 Å². The van der Waals surface area contributed by atoms with Crippen molar-refractivity contribution in [2.45, 2.75) is 58.4 Å². The Morgan fingerprint density at radius 3 is 2.59 bits per heavy atom. The molecule has 2 aliphatic heterocycles. The van der Waals surface area contributed by atoms with Gasteiger partial charge in [-0.05, 0) is 63.6 Å². The summed E-state index contributed by atoms with van der Waals surface area (Å²) in [6.45, 7) is 12.3. The highest BCUT2D eigenvalue weighted by Gasteiger charge is 2.39. The van der Waals surface area contributed by atoms with E-state index < -0.39 is 0 Å². The number of piperidine rings is 2. The lowest BCUT2D eigenvalue weighted by Crippen LogP contribution is -2.57. The molecule has 1 N–H and O–H groups in total. The third-order valence-corrected chi connectivity index (χ3v) is 4.65. The molecule has 2 heteroatoms. The SMILES string of the molecule is CC(C)CC1(N2CCC[C@H](C)C2)CCNCC1. The van der Waals surface area contributed by atoms with Crippen LogP contribution in [0.2, 0.25) is 0 Å². The van der Waals surface area contributed by atoms with E-state index in [0.29, 0.717) is 5.54 Å². The molecule has 17 heavy (non-hydrogen) atoms. The summed E-state index contributed by atoms with van der Waals surface area (Å²) < 4.78 is 0. The second-order valence-electron chi connectivity index (χ2n) is 6.77. The van der Waals surface area contributed by atoms with Crippen LogP contribution in [0.1, 0.15) is 52.9 Å². The highest BCUT2D eigenvalue weighted by atomic mass is 15.2. The average Bonchev–Trinajstić information content (AvgIpc) is 2.29. The van der Waals surface area contributed by atoms with Crippen molar-refractivity contribution in [3.05, 3.63) is 0 Å². The van der Waals surface area contributed by atoms with Crippen molar-refractivity contribution in [2.24, 2.45) is 11.8 Å². The van der Waals surface area contributed by atoms with Gasteiger partial charge in [-0.3, -0.25) is 4.90 Å². The number of rotatable bonds is 3. The average molecular weight is 238 g/mol. The molecule has 100 valence electrons. The number of hydrogen-bond acceptors (Lipinski definition) is 2. The van der Waals surface area contributed by atoms with E-state index in [4.69, 9.17) is 0 Å². The molecule has 2 fully saturated rings. The normalized spacial score (nSPS) is 30.7. The number of nitrogens with zero attached hydrogens (tertiary/aromatic N) is 1. The first-order chi connectivity index (χ1) is 8.12.